The molecule has 0 aromatic rings. The number of aliphatic hydroxyl groups excluding tert-OH is 2. The topological polar surface area (TPSA) is 109 Å². The second-order valence-electron chi connectivity index (χ2n) is 9.27. The van der Waals surface area contributed by atoms with Crippen LogP contribution in [0, 0.1) is 0 Å². The highest BCUT2D eigenvalue weighted by Crippen LogP contribution is 2.22. The molecule has 0 saturated carbocycles. The van der Waals surface area contributed by atoms with E-state index in [1.54, 1.807) is 11.8 Å². The maximum atomic E-state index is 12.2. The van der Waals surface area contributed by atoms with Crippen LogP contribution in [0.3, 0.4) is 0 Å². The number of aliphatic hydroxyl groups is 2. The van der Waals surface area contributed by atoms with E-state index in [0.717, 1.165) is 101 Å². The van der Waals surface area contributed by atoms with Gasteiger partial charge in [-0.15, -0.1) is 35.3 Å². The van der Waals surface area contributed by atoms with Gasteiger partial charge in [-0.3, -0.25) is 18.0 Å². The Morgan fingerprint density at radius 2 is 0.809 bits per heavy atom. The van der Waals surface area contributed by atoms with Gasteiger partial charge < -0.3 is 10.2 Å². The van der Waals surface area contributed by atoms with Crippen LogP contribution in [0.1, 0.15) is 38.5 Å². The van der Waals surface area contributed by atoms with Crippen molar-refractivity contribution in [2.24, 2.45) is 0 Å². The molecular weight excluding hydrogens is 849 g/mol. The summed E-state index contributed by atoms with van der Waals surface area (Å²) in [5.41, 5.74) is 0. The smallest absolute Gasteiger partial charge is 0.189 e. The Morgan fingerprint density at radius 1 is 0.404 bits per heavy atom. The van der Waals surface area contributed by atoms with Crippen LogP contribution in [-0.2, 0) is 31.2 Å². The highest BCUT2D eigenvalue weighted by Gasteiger charge is 2.05. The van der Waals surface area contributed by atoms with Gasteiger partial charge in [0.05, 0.1) is 0 Å². The third kappa shape index (κ3) is 42.0. The molecule has 2 unspecified atom stereocenters. The van der Waals surface area contributed by atoms with Crippen LogP contribution in [0.15, 0.2) is 0 Å². The molecule has 0 aliphatic rings. The van der Waals surface area contributed by atoms with Gasteiger partial charge in [0, 0.05) is 136 Å². The molecule has 19 heteroatoms. The van der Waals surface area contributed by atoms with Gasteiger partial charge in [0.15, 0.2) is 10.2 Å². The minimum absolute atomic E-state index is 0.121. The van der Waals surface area contributed by atoms with Crippen molar-refractivity contribution in [3.63, 3.8) is 0 Å². The van der Waals surface area contributed by atoms with Crippen molar-refractivity contribution >= 4 is 161 Å². The quantitative estimate of drug-likeness (QED) is 0.0467. The van der Waals surface area contributed by atoms with Crippen molar-refractivity contribution in [3.8, 4) is 0 Å². The fourth-order valence-electron chi connectivity index (χ4n) is 2.95. The SMILES string of the molecule is O=C(CCSCSCSCCCS(=O)CCSCSCSCCSC(=O)CCSCSCSCCCS(=O)CCCO)SCCCO. The highest BCUT2D eigenvalue weighted by atomic mass is 32.2. The number of hydrogen-bond acceptors (Lipinski definition) is 17. The molecule has 2 N–H and O–H groups in total. The fourth-order valence-corrected chi connectivity index (χ4v) is 18.3. The maximum Gasteiger partial charge on any atom is 0.189 e. The van der Waals surface area contributed by atoms with Crippen LogP contribution in [0.25, 0.3) is 0 Å². The van der Waals surface area contributed by atoms with Crippen LogP contribution < -0.4 is 0 Å². The van der Waals surface area contributed by atoms with Crippen molar-refractivity contribution < 1.29 is 28.2 Å². The van der Waals surface area contributed by atoms with E-state index in [-0.39, 0.29) is 18.3 Å². The summed E-state index contributed by atoms with van der Waals surface area (Å²) in [7, 11) is -1.51. The average Bonchev–Trinajstić information content (AvgIpc) is 3.06. The van der Waals surface area contributed by atoms with Crippen LogP contribution in [0.4, 0.5) is 0 Å². The van der Waals surface area contributed by atoms with Gasteiger partial charge in [-0.25, -0.2) is 0 Å². The predicted octanol–water partition coefficient (Wildman–Crippen LogP) is 7.67. The molecule has 0 spiro atoms. The second kappa shape index (κ2) is 42.2. The summed E-state index contributed by atoms with van der Waals surface area (Å²) in [5.74, 6) is 10.3. The Morgan fingerprint density at radius 3 is 1.32 bits per heavy atom. The second-order valence-corrected chi connectivity index (χ2v) is 26.7. The van der Waals surface area contributed by atoms with Crippen LogP contribution >= 0.6 is 129 Å². The van der Waals surface area contributed by atoms with Gasteiger partial charge in [0.1, 0.15) is 0 Å². The lowest BCUT2D eigenvalue weighted by atomic mass is 10.5. The van der Waals surface area contributed by atoms with Crippen LogP contribution in [-0.4, -0.2) is 142 Å². The zero-order valence-corrected chi connectivity index (χ0v) is 37.8. The molecule has 0 aliphatic carbocycles. The van der Waals surface area contributed by atoms with Crippen molar-refractivity contribution in [3.05, 3.63) is 0 Å². The standard InChI is InChI=1S/C28H54O6S13/c29-7-1-11-44-27(31)5-12-37-23-42-22-36-10-4-19-47(34)20-16-40-26-43-25-39-14-15-45-28(32)6-13-38-24-41-21-35-9-3-18-46(33)17-2-8-30/h29-30H,1-26H2. The monoisotopic (exact) mass is 902 g/mol. The molecule has 0 fully saturated rings. The Kier molecular flexibility index (Phi) is 45.2. The van der Waals surface area contributed by atoms with E-state index in [4.69, 9.17) is 10.2 Å². The summed E-state index contributed by atoms with van der Waals surface area (Å²) in [4.78, 5) is 23.7. The van der Waals surface area contributed by atoms with Crippen molar-refractivity contribution in [2.45, 2.75) is 38.5 Å². The summed E-state index contributed by atoms with van der Waals surface area (Å²) in [5, 5.41) is 24.2. The normalized spacial score (nSPS) is 12.8. The van der Waals surface area contributed by atoms with Crippen LogP contribution in [0.5, 0.6) is 0 Å². The van der Waals surface area contributed by atoms with Gasteiger partial charge >= 0.3 is 0 Å². The first kappa shape index (κ1) is 50.4. The van der Waals surface area contributed by atoms with Crippen molar-refractivity contribution in [2.75, 3.05) is 113 Å². The van der Waals surface area contributed by atoms with Crippen molar-refractivity contribution in [1.82, 2.24) is 0 Å². The lowest BCUT2D eigenvalue weighted by Crippen LogP contribution is -2.05. The molecule has 0 aromatic heterocycles. The van der Waals surface area contributed by atoms with E-state index in [9.17, 15) is 18.0 Å². The summed E-state index contributed by atoms with van der Waals surface area (Å²) in [6.07, 6.45) is 4.51. The summed E-state index contributed by atoms with van der Waals surface area (Å²) < 4.78 is 23.9. The summed E-state index contributed by atoms with van der Waals surface area (Å²) >= 11 is 19.6. The number of carbonyl (C=O) groups excluding carboxylic acids is 2. The minimum Gasteiger partial charge on any atom is -0.396 e. The molecule has 6 nitrogen and oxygen atoms in total. The molecule has 0 rings (SSSR count). The average molecular weight is 904 g/mol. The molecule has 0 aliphatic heterocycles. The predicted molar refractivity (Wildman–Crippen MR) is 239 cm³/mol. The Hall–Kier alpha value is 3.41. The number of rotatable bonds is 38. The molecule has 0 radical (unpaired) electrons. The van der Waals surface area contributed by atoms with Crippen molar-refractivity contribution in [1.29, 1.82) is 0 Å². The lowest BCUT2D eigenvalue weighted by Gasteiger charge is -2.05. The lowest BCUT2D eigenvalue weighted by molar-refractivity contribution is -0.111. The summed E-state index contributed by atoms with van der Waals surface area (Å²) in [6.45, 7) is 0.270. The van der Waals surface area contributed by atoms with Crippen LogP contribution in [0.2, 0.25) is 0 Å². The Labute approximate surface area is 337 Å². The molecule has 0 heterocycles. The van der Waals surface area contributed by atoms with Gasteiger partial charge in [0.2, 0.25) is 0 Å². The zero-order chi connectivity index (χ0) is 34.5. The van der Waals surface area contributed by atoms with E-state index in [1.165, 1.54) is 23.5 Å². The van der Waals surface area contributed by atoms with E-state index in [1.807, 2.05) is 94.1 Å². The number of hydrogen-bond donors (Lipinski definition) is 2. The van der Waals surface area contributed by atoms with Gasteiger partial charge in [-0.1, -0.05) is 23.5 Å². The Bertz CT molecular complexity index is 770. The zero-order valence-electron chi connectivity index (χ0n) is 27.2. The first-order valence-corrected chi connectivity index (χ1v) is 30.8. The number of thioether (sulfide) groups is 11. The van der Waals surface area contributed by atoms with Gasteiger partial charge in [-0.05, 0) is 37.2 Å². The van der Waals surface area contributed by atoms with E-state index in [0.29, 0.717) is 42.3 Å². The molecule has 0 amide bonds. The molecule has 0 aromatic carbocycles. The Balaban J connectivity index is 3.30. The van der Waals surface area contributed by atoms with E-state index < -0.39 is 21.6 Å². The fraction of sp³-hybridized carbons (Fsp3) is 0.929. The van der Waals surface area contributed by atoms with E-state index >= 15 is 0 Å². The first-order chi connectivity index (χ1) is 23.0. The molecule has 0 bridgehead atoms. The number of carbonyl (C=O) groups is 2. The molecule has 47 heavy (non-hydrogen) atoms. The van der Waals surface area contributed by atoms with Gasteiger partial charge in [-0.2, -0.15) is 70.6 Å². The maximum absolute atomic E-state index is 12.2. The third-order valence-corrected chi connectivity index (χ3v) is 21.8. The molecule has 280 valence electrons. The van der Waals surface area contributed by atoms with E-state index in [2.05, 4.69) is 0 Å². The third-order valence-electron chi connectivity index (χ3n) is 5.26. The molecule has 0 saturated heterocycles. The summed E-state index contributed by atoms with van der Waals surface area (Å²) in [6, 6.07) is 0. The largest absolute Gasteiger partial charge is 0.396 e. The molecule has 2 atom stereocenters. The first-order valence-electron chi connectivity index (χ1n) is 15.4. The van der Waals surface area contributed by atoms with Gasteiger partial charge in [0.25, 0.3) is 0 Å². The minimum atomic E-state index is -0.787. The molecular formula is C28H54O6S13. The highest BCUT2D eigenvalue weighted by molar-refractivity contribution is 8.24.